The molecule has 2 fully saturated rings. The van der Waals surface area contributed by atoms with E-state index in [0.717, 1.165) is 47.5 Å². The Morgan fingerprint density at radius 3 is 2.53 bits per heavy atom. The summed E-state index contributed by atoms with van der Waals surface area (Å²) in [4.78, 5) is 44.8. The topological polar surface area (TPSA) is 73.0 Å². The zero-order chi connectivity index (χ0) is 24.4. The number of likely N-dealkylation sites (tertiary alicyclic amines) is 1. The predicted octanol–water partition coefficient (Wildman–Crippen LogP) is 3.77. The molecule has 0 bridgehead atoms. The van der Waals surface area contributed by atoms with Gasteiger partial charge in [-0.25, -0.2) is 0 Å². The average molecular weight is 548 g/mol. The summed E-state index contributed by atoms with van der Waals surface area (Å²) in [6.45, 7) is 4.97. The molecule has 1 N–H and O–H groups in total. The highest BCUT2D eigenvalue weighted by atomic mass is 79.9. The van der Waals surface area contributed by atoms with Crippen molar-refractivity contribution in [1.82, 2.24) is 15.1 Å². The number of nitrogens with zero attached hydrogens (tertiary/aromatic N) is 3. The fourth-order valence-electron chi connectivity index (χ4n) is 4.81. The summed E-state index contributed by atoms with van der Waals surface area (Å²) in [5.74, 6) is 0.506. The molecule has 0 saturated carbocycles. The smallest absolute Gasteiger partial charge is 0.261 e. The van der Waals surface area contributed by atoms with Crippen molar-refractivity contribution in [3.8, 4) is 0 Å². The van der Waals surface area contributed by atoms with Crippen LogP contribution in [0.25, 0.3) is 0 Å². The highest BCUT2D eigenvalue weighted by Crippen LogP contribution is 2.27. The van der Waals surface area contributed by atoms with Gasteiger partial charge in [0.1, 0.15) is 0 Å². The van der Waals surface area contributed by atoms with Crippen molar-refractivity contribution in [2.24, 2.45) is 5.92 Å². The minimum absolute atomic E-state index is 0.0286. The first kappa shape index (κ1) is 24.9. The van der Waals surface area contributed by atoms with Gasteiger partial charge in [0.15, 0.2) is 0 Å². The van der Waals surface area contributed by atoms with Crippen LogP contribution >= 0.6 is 27.3 Å². The Hall–Kier alpha value is -2.23. The molecular formula is C25H31BrN4O3S. The van der Waals surface area contributed by atoms with Gasteiger partial charge in [-0.1, -0.05) is 0 Å². The number of thiophene rings is 1. The van der Waals surface area contributed by atoms with E-state index < -0.39 is 0 Å². The molecule has 1 aromatic carbocycles. The number of carbonyl (C=O) groups excluding carboxylic acids is 3. The molecule has 3 heterocycles. The lowest BCUT2D eigenvalue weighted by Crippen LogP contribution is -2.40. The third-order valence-corrected chi connectivity index (χ3v) is 8.16. The minimum atomic E-state index is -0.244. The first-order valence-electron chi connectivity index (χ1n) is 11.6. The number of nitrogens with one attached hydrogen (secondary N) is 1. The summed E-state index contributed by atoms with van der Waals surface area (Å²) in [6, 6.07) is 8.95. The van der Waals surface area contributed by atoms with E-state index in [0.29, 0.717) is 22.9 Å². The highest BCUT2D eigenvalue weighted by Gasteiger charge is 2.32. The summed E-state index contributed by atoms with van der Waals surface area (Å²) in [7, 11) is 4.18. The van der Waals surface area contributed by atoms with Crippen LogP contribution in [0.3, 0.4) is 0 Å². The van der Waals surface area contributed by atoms with Crippen molar-refractivity contribution in [2.75, 3.05) is 45.2 Å². The molecule has 0 aliphatic carbocycles. The second-order valence-electron chi connectivity index (χ2n) is 9.48. The Morgan fingerprint density at radius 1 is 1.18 bits per heavy atom. The zero-order valence-electron chi connectivity index (χ0n) is 19.8. The second-order valence-corrected chi connectivity index (χ2v) is 11.9. The third kappa shape index (κ3) is 5.70. The van der Waals surface area contributed by atoms with Crippen molar-refractivity contribution >= 4 is 50.7 Å². The Balaban J connectivity index is 1.37. The van der Waals surface area contributed by atoms with Gasteiger partial charge in [-0.2, -0.15) is 0 Å². The molecule has 7 nitrogen and oxygen atoms in total. The molecule has 2 aliphatic rings. The number of amides is 3. The van der Waals surface area contributed by atoms with Gasteiger partial charge in [0, 0.05) is 43.9 Å². The zero-order valence-corrected chi connectivity index (χ0v) is 22.2. The molecule has 182 valence electrons. The third-order valence-electron chi connectivity index (χ3n) is 6.53. The number of aryl methyl sites for hydroxylation is 1. The Morgan fingerprint density at radius 2 is 1.91 bits per heavy atom. The Bertz CT molecular complexity index is 1080. The second kappa shape index (κ2) is 10.6. The summed E-state index contributed by atoms with van der Waals surface area (Å²) >= 11 is 4.73. The van der Waals surface area contributed by atoms with Gasteiger partial charge in [0.05, 0.1) is 14.7 Å². The average Bonchev–Trinajstić information content (AvgIpc) is 3.38. The van der Waals surface area contributed by atoms with E-state index >= 15 is 0 Å². The molecule has 2 saturated heterocycles. The van der Waals surface area contributed by atoms with Crippen molar-refractivity contribution in [1.29, 1.82) is 0 Å². The van der Waals surface area contributed by atoms with Crippen LogP contribution in [-0.2, 0) is 4.79 Å². The standard InChI is InChI=1S/C25H31BrN4O3S/c1-16-12-19(4-5-20(16)25(33)29-10-8-17(9-11-29)14-28(2)3)30-15-18(13-23(30)31)27-24(32)21-6-7-22(26)34-21/h4-7,12,17-18H,8-11,13-15H2,1-3H3,(H,27,32). The molecule has 34 heavy (non-hydrogen) atoms. The van der Waals surface area contributed by atoms with Crippen LogP contribution in [0.1, 0.15) is 44.9 Å². The maximum Gasteiger partial charge on any atom is 0.261 e. The summed E-state index contributed by atoms with van der Waals surface area (Å²) in [5.41, 5.74) is 2.32. The van der Waals surface area contributed by atoms with Crippen LogP contribution in [0.2, 0.25) is 0 Å². The van der Waals surface area contributed by atoms with Gasteiger partial charge in [0.25, 0.3) is 11.8 Å². The van der Waals surface area contributed by atoms with Crippen molar-refractivity contribution in [2.45, 2.75) is 32.2 Å². The van der Waals surface area contributed by atoms with Gasteiger partial charge >= 0.3 is 0 Å². The number of hydrogen-bond donors (Lipinski definition) is 1. The van der Waals surface area contributed by atoms with Crippen LogP contribution in [0.15, 0.2) is 34.1 Å². The van der Waals surface area contributed by atoms with E-state index in [1.54, 1.807) is 11.0 Å². The van der Waals surface area contributed by atoms with Gasteiger partial charge < -0.3 is 20.0 Å². The van der Waals surface area contributed by atoms with Crippen molar-refractivity contribution in [3.63, 3.8) is 0 Å². The van der Waals surface area contributed by atoms with Gasteiger partial charge in [-0.05, 0) is 91.6 Å². The number of anilines is 1. The summed E-state index contributed by atoms with van der Waals surface area (Å²) in [6.07, 6.45) is 2.32. The maximum absolute atomic E-state index is 13.1. The first-order valence-corrected chi connectivity index (χ1v) is 13.2. The van der Waals surface area contributed by atoms with Gasteiger partial charge in [-0.3, -0.25) is 14.4 Å². The molecule has 0 spiro atoms. The van der Waals surface area contributed by atoms with Gasteiger partial charge in [0.2, 0.25) is 5.91 Å². The van der Waals surface area contributed by atoms with E-state index in [1.165, 1.54) is 11.3 Å². The van der Waals surface area contributed by atoms with Crippen molar-refractivity contribution < 1.29 is 14.4 Å². The molecule has 0 radical (unpaired) electrons. The number of carbonyl (C=O) groups is 3. The molecule has 2 aliphatic heterocycles. The lowest BCUT2D eigenvalue weighted by molar-refractivity contribution is -0.117. The number of hydrogen-bond acceptors (Lipinski definition) is 5. The van der Waals surface area contributed by atoms with Crippen LogP contribution in [0, 0.1) is 12.8 Å². The number of benzene rings is 1. The lowest BCUT2D eigenvalue weighted by Gasteiger charge is -2.33. The van der Waals surface area contributed by atoms with Crippen LogP contribution in [-0.4, -0.2) is 73.8 Å². The molecule has 1 aromatic heterocycles. The Kier molecular flexibility index (Phi) is 7.74. The monoisotopic (exact) mass is 546 g/mol. The molecule has 4 rings (SSSR count). The maximum atomic E-state index is 13.1. The number of halogens is 1. The van der Waals surface area contributed by atoms with Crippen LogP contribution in [0.5, 0.6) is 0 Å². The molecule has 1 unspecified atom stereocenters. The van der Waals surface area contributed by atoms with E-state index in [-0.39, 0.29) is 30.2 Å². The Labute approximate surface area is 213 Å². The van der Waals surface area contributed by atoms with Gasteiger partial charge in [-0.15, -0.1) is 11.3 Å². The molecule has 9 heteroatoms. The predicted molar refractivity (Wildman–Crippen MR) is 139 cm³/mol. The quantitative estimate of drug-likeness (QED) is 0.598. The van der Waals surface area contributed by atoms with E-state index in [9.17, 15) is 14.4 Å². The van der Waals surface area contributed by atoms with Crippen molar-refractivity contribution in [3.05, 3.63) is 50.1 Å². The molecule has 3 amide bonds. The molecule has 1 atom stereocenters. The first-order chi connectivity index (χ1) is 16.2. The SMILES string of the molecule is Cc1cc(N2CC(NC(=O)c3ccc(Br)s3)CC2=O)ccc1C(=O)N1CCC(CN(C)C)CC1. The molecule has 2 aromatic rings. The lowest BCUT2D eigenvalue weighted by atomic mass is 9.95. The number of rotatable bonds is 6. The highest BCUT2D eigenvalue weighted by molar-refractivity contribution is 9.11. The number of piperidine rings is 1. The summed E-state index contributed by atoms with van der Waals surface area (Å²) in [5, 5.41) is 2.97. The minimum Gasteiger partial charge on any atom is -0.346 e. The van der Waals surface area contributed by atoms with E-state index in [2.05, 4.69) is 40.2 Å². The van der Waals surface area contributed by atoms with Crippen LogP contribution < -0.4 is 10.2 Å². The van der Waals surface area contributed by atoms with E-state index in [1.807, 2.05) is 36.1 Å². The largest absolute Gasteiger partial charge is 0.346 e. The van der Waals surface area contributed by atoms with E-state index in [4.69, 9.17) is 0 Å². The fourth-order valence-corrected chi connectivity index (χ4v) is 6.10. The van der Waals surface area contributed by atoms with Crippen LogP contribution in [0.4, 0.5) is 5.69 Å². The summed E-state index contributed by atoms with van der Waals surface area (Å²) < 4.78 is 0.893. The fraction of sp³-hybridized carbons (Fsp3) is 0.480. The molecular weight excluding hydrogens is 516 g/mol. The normalized spacial score (nSPS) is 19.2.